The monoisotopic (exact) mass is 99.1 g/mol. The Bertz CT molecular complexity index is 55.2. The van der Waals surface area contributed by atoms with Gasteiger partial charge in [0, 0.05) is 0 Å². The summed E-state index contributed by atoms with van der Waals surface area (Å²) < 4.78 is 4.90. The van der Waals surface area contributed by atoms with Crippen molar-refractivity contribution < 1.29 is 4.74 Å². The van der Waals surface area contributed by atoms with E-state index in [4.69, 9.17) is 4.74 Å². The molecule has 1 atom stereocenters. The van der Waals surface area contributed by atoms with Crippen molar-refractivity contribution in [2.45, 2.75) is 20.0 Å². The van der Waals surface area contributed by atoms with Gasteiger partial charge in [0.2, 0.25) is 0 Å². The molecular weight excluding hydrogens is 88.1 g/mol. The van der Waals surface area contributed by atoms with Crippen LogP contribution in [0.3, 0.4) is 0 Å². The molecule has 1 radical (unpaired) electrons. The minimum atomic E-state index is 0.0659. The Kier molecular flexibility index (Phi) is 3.48. The molecule has 0 heterocycles. The molecule has 0 aromatic heterocycles. The third-order valence-corrected chi connectivity index (χ3v) is 0.447. The third kappa shape index (κ3) is 5.54. The van der Waals surface area contributed by atoms with Gasteiger partial charge in [0.05, 0.1) is 12.4 Å². The topological polar surface area (TPSA) is 9.23 Å². The fourth-order valence-electron chi connectivity index (χ4n) is 0.213. The first kappa shape index (κ1) is 6.54. The SMILES string of the molecule is [CH2]C(C)OC=CC. The fraction of sp³-hybridized carbons (Fsp3) is 0.500. The summed E-state index contributed by atoms with van der Waals surface area (Å²) in [6, 6.07) is 0. The third-order valence-electron chi connectivity index (χ3n) is 0.447. The number of allylic oxidation sites excluding steroid dienone is 1. The molecule has 1 nitrogen and oxygen atoms in total. The standard InChI is InChI=1S/C6H11O/c1-4-5-7-6(2)3/h4-6H,2H2,1,3H3. The second-order valence-electron chi connectivity index (χ2n) is 1.42. The van der Waals surface area contributed by atoms with E-state index in [0.29, 0.717) is 0 Å². The second-order valence-corrected chi connectivity index (χ2v) is 1.42. The summed E-state index contributed by atoms with van der Waals surface area (Å²) in [6.07, 6.45) is 3.54. The molecule has 0 saturated heterocycles. The van der Waals surface area contributed by atoms with Gasteiger partial charge in [-0.1, -0.05) is 6.08 Å². The first-order valence-electron chi connectivity index (χ1n) is 2.37. The van der Waals surface area contributed by atoms with Gasteiger partial charge in [-0.2, -0.15) is 0 Å². The molecule has 0 aliphatic carbocycles. The van der Waals surface area contributed by atoms with E-state index >= 15 is 0 Å². The van der Waals surface area contributed by atoms with Crippen LogP contribution in [0.5, 0.6) is 0 Å². The van der Waals surface area contributed by atoms with Gasteiger partial charge in [-0.3, -0.25) is 0 Å². The predicted molar refractivity (Wildman–Crippen MR) is 30.7 cm³/mol. The first-order chi connectivity index (χ1) is 3.27. The van der Waals surface area contributed by atoms with E-state index in [0.717, 1.165) is 0 Å². The minimum absolute atomic E-state index is 0.0659. The molecule has 0 fully saturated rings. The van der Waals surface area contributed by atoms with Crippen LogP contribution in [0.25, 0.3) is 0 Å². The Labute approximate surface area is 45.0 Å². The zero-order valence-corrected chi connectivity index (χ0v) is 4.85. The van der Waals surface area contributed by atoms with Gasteiger partial charge < -0.3 is 4.74 Å². The fourth-order valence-corrected chi connectivity index (χ4v) is 0.213. The van der Waals surface area contributed by atoms with E-state index in [1.54, 1.807) is 6.26 Å². The second kappa shape index (κ2) is 3.72. The number of rotatable bonds is 2. The molecule has 0 aliphatic rings. The highest BCUT2D eigenvalue weighted by atomic mass is 16.5. The smallest absolute Gasteiger partial charge is 0.0951 e. The summed E-state index contributed by atoms with van der Waals surface area (Å²) in [5.41, 5.74) is 0. The average molecular weight is 99.2 g/mol. The van der Waals surface area contributed by atoms with Gasteiger partial charge in [-0.05, 0) is 20.8 Å². The summed E-state index contributed by atoms with van der Waals surface area (Å²) >= 11 is 0. The van der Waals surface area contributed by atoms with E-state index in [9.17, 15) is 0 Å². The van der Waals surface area contributed by atoms with Crippen LogP contribution in [-0.2, 0) is 4.74 Å². The van der Waals surface area contributed by atoms with Crippen LogP contribution in [0.1, 0.15) is 13.8 Å². The van der Waals surface area contributed by atoms with Gasteiger partial charge in [-0.25, -0.2) is 0 Å². The molecule has 0 spiro atoms. The summed E-state index contributed by atoms with van der Waals surface area (Å²) in [7, 11) is 0. The lowest BCUT2D eigenvalue weighted by Gasteiger charge is -2.00. The molecular formula is C6H11O. The van der Waals surface area contributed by atoms with Crippen molar-refractivity contribution >= 4 is 0 Å². The Hall–Kier alpha value is -0.460. The van der Waals surface area contributed by atoms with Gasteiger partial charge in [-0.15, -0.1) is 0 Å². The van der Waals surface area contributed by atoms with E-state index < -0.39 is 0 Å². The Morgan fingerprint density at radius 2 is 2.29 bits per heavy atom. The average Bonchev–Trinajstić information content (AvgIpc) is 1.61. The van der Waals surface area contributed by atoms with Crippen LogP contribution in [0, 0.1) is 6.92 Å². The number of hydrogen-bond acceptors (Lipinski definition) is 1. The number of hydrogen-bond donors (Lipinski definition) is 0. The molecule has 1 unspecified atom stereocenters. The maximum absolute atomic E-state index is 4.90. The normalized spacial score (nSPS) is 10.9. The summed E-state index contributed by atoms with van der Waals surface area (Å²) in [5.74, 6) is 0. The molecule has 0 rings (SSSR count). The molecule has 1 heteroatoms. The molecule has 0 aromatic rings. The highest BCUT2D eigenvalue weighted by Gasteiger charge is 1.82. The van der Waals surface area contributed by atoms with Crippen LogP contribution in [0.15, 0.2) is 12.3 Å². The van der Waals surface area contributed by atoms with Crippen molar-refractivity contribution in [3.05, 3.63) is 19.3 Å². The largest absolute Gasteiger partial charge is 0.499 e. The van der Waals surface area contributed by atoms with Gasteiger partial charge in [0.1, 0.15) is 0 Å². The maximum atomic E-state index is 4.90. The molecule has 0 aliphatic heterocycles. The molecule has 0 bridgehead atoms. The van der Waals surface area contributed by atoms with Crippen molar-refractivity contribution in [1.82, 2.24) is 0 Å². The molecule has 0 saturated carbocycles. The molecule has 41 valence electrons. The zero-order chi connectivity index (χ0) is 5.70. The van der Waals surface area contributed by atoms with Crippen LogP contribution < -0.4 is 0 Å². The summed E-state index contributed by atoms with van der Waals surface area (Å²) in [5, 5.41) is 0. The maximum Gasteiger partial charge on any atom is 0.0951 e. The van der Waals surface area contributed by atoms with Crippen molar-refractivity contribution in [3.8, 4) is 0 Å². The number of ether oxygens (including phenoxy) is 1. The highest BCUT2D eigenvalue weighted by molar-refractivity contribution is 4.67. The van der Waals surface area contributed by atoms with Crippen molar-refractivity contribution in [2.75, 3.05) is 0 Å². The lowest BCUT2D eigenvalue weighted by atomic mass is 10.5. The van der Waals surface area contributed by atoms with Crippen LogP contribution in [-0.4, -0.2) is 6.10 Å². The van der Waals surface area contributed by atoms with Crippen LogP contribution >= 0.6 is 0 Å². The van der Waals surface area contributed by atoms with E-state index in [1.807, 2.05) is 19.9 Å². The van der Waals surface area contributed by atoms with Gasteiger partial charge in [0.15, 0.2) is 0 Å². The predicted octanol–water partition coefficient (Wildman–Crippen LogP) is 1.76. The van der Waals surface area contributed by atoms with Crippen molar-refractivity contribution in [3.63, 3.8) is 0 Å². The van der Waals surface area contributed by atoms with E-state index in [1.165, 1.54) is 0 Å². The Balaban J connectivity index is 2.97. The van der Waals surface area contributed by atoms with E-state index in [2.05, 4.69) is 6.92 Å². The van der Waals surface area contributed by atoms with Crippen LogP contribution in [0.4, 0.5) is 0 Å². The Morgan fingerprint density at radius 1 is 1.71 bits per heavy atom. The minimum Gasteiger partial charge on any atom is -0.499 e. The lowest BCUT2D eigenvalue weighted by Crippen LogP contribution is -1.94. The molecule has 0 aromatic carbocycles. The molecule has 7 heavy (non-hydrogen) atoms. The van der Waals surface area contributed by atoms with Gasteiger partial charge >= 0.3 is 0 Å². The Morgan fingerprint density at radius 3 is 2.43 bits per heavy atom. The van der Waals surface area contributed by atoms with Crippen LogP contribution in [0.2, 0.25) is 0 Å². The van der Waals surface area contributed by atoms with Gasteiger partial charge in [0.25, 0.3) is 0 Å². The lowest BCUT2D eigenvalue weighted by molar-refractivity contribution is 0.201. The molecule has 0 amide bonds. The van der Waals surface area contributed by atoms with Crippen molar-refractivity contribution in [2.24, 2.45) is 0 Å². The van der Waals surface area contributed by atoms with Crippen molar-refractivity contribution in [1.29, 1.82) is 0 Å². The highest BCUT2D eigenvalue weighted by Crippen LogP contribution is 1.85. The summed E-state index contributed by atoms with van der Waals surface area (Å²) in [4.78, 5) is 0. The van der Waals surface area contributed by atoms with E-state index in [-0.39, 0.29) is 6.10 Å². The first-order valence-corrected chi connectivity index (χ1v) is 2.37. The quantitative estimate of drug-likeness (QED) is 0.479. The molecule has 0 N–H and O–H groups in total. The summed E-state index contributed by atoms with van der Waals surface area (Å²) in [6.45, 7) is 7.40. The zero-order valence-electron chi connectivity index (χ0n) is 4.85.